The fourth-order valence-electron chi connectivity index (χ4n) is 2.60. The number of hydrogen-bond donors (Lipinski definition) is 2. The fourth-order valence-corrected chi connectivity index (χ4v) is 2.60. The zero-order valence-electron chi connectivity index (χ0n) is 17.1. The Balaban J connectivity index is 2.53. The number of methoxy groups -OCH3 is 1. The summed E-state index contributed by atoms with van der Waals surface area (Å²) in [5, 5.41) is 6.74. The first-order valence-electron chi connectivity index (χ1n) is 9.52. The molecule has 1 rings (SSSR count). The third-order valence-corrected chi connectivity index (χ3v) is 4.26. The second kappa shape index (κ2) is 13.4. The van der Waals surface area contributed by atoms with Crippen molar-refractivity contribution in [2.24, 2.45) is 4.99 Å². The number of guanidine groups is 1. The summed E-state index contributed by atoms with van der Waals surface area (Å²) in [6, 6.07) is 6.30. The molecule has 0 spiro atoms. The van der Waals surface area contributed by atoms with Gasteiger partial charge in [0.2, 0.25) is 0 Å². The van der Waals surface area contributed by atoms with Gasteiger partial charge in [-0.2, -0.15) is 0 Å². The van der Waals surface area contributed by atoms with E-state index in [4.69, 9.17) is 9.47 Å². The monoisotopic (exact) mass is 364 g/mol. The van der Waals surface area contributed by atoms with E-state index in [1.54, 1.807) is 14.2 Å². The van der Waals surface area contributed by atoms with Crippen LogP contribution in [-0.2, 0) is 11.3 Å². The van der Waals surface area contributed by atoms with E-state index in [2.05, 4.69) is 59.5 Å². The number of benzene rings is 1. The summed E-state index contributed by atoms with van der Waals surface area (Å²) in [7, 11) is 3.50. The van der Waals surface area contributed by atoms with Crippen molar-refractivity contribution < 1.29 is 9.47 Å². The fraction of sp³-hybridized carbons (Fsp3) is 0.650. The molecule has 6 nitrogen and oxygen atoms in total. The maximum absolute atomic E-state index is 5.94. The number of nitrogens with one attached hydrogen (secondary N) is 2. The van der Waals surface area contributed by atoms with E-state index in [-0.39, 0.29) is 0 Å². The molecule has 0 heterocycles. The molecule has 0 bridgehead atoms. The van der Waals surface area contributed by atoms with Crippen molar-refractivity contribution in [1.82, 2.24) is 15.5 Å². The van der Waals surface area contributed by atoms with Crippen LogP contribution < -0.4 is 15.4 Å². The van der Waals surface area contributed by atoms with E-state index in [9.17, 15) is 0 Å². The molecule has 0 aliphatic heterocycles. The third kappa shape index (κ3) is 8.54. The number of nitrogens with zero attached hydrogens (tertiary/aromatic N) is 2. The molecule has 148 valence electrons. The zero-order chi connectivity index (χ0) is 19.2. The Morgan fingerprint density at radius 3 is 2.58 bits per heavy atom. The first-order chi connectivity index (χ1) is 12.6. The lowest BCUT2D eigenvalue weighted by Gasteiger charge is -2.19. The lowest BCUT2D eigenvalue weighted by molar-refractivity contribution is 0.171. The number of rotatable bonds is 12. The Hall–Kier alpha value is -1.79. The summed E-state index contributed by atoms with van der Waals surface area (Å²) >= 11 is 0. The van der Waals surface area contributed by atoms with Gasteiger partial charge in [0.1, 0.15) is 5.75 Å². The molecule has 2 N–H and O–H groups in total. The van der Waals surface area contributed by atoms with Crippen LogP contribution in [0.5, 0.6) is 5.75 Å². The number of hydrogen-bond acceptors (Lipinski definition) is 4. The van der Waals surface area contributed by atoms with Crippen LogP contribution >= 0.6 is 0 Å². The van der Waals surface area contributed by atoms with Gasteiger partial charge >= 0.3 is 0 Å². The normalized spacial score (nSPS) is 11.7. The summed E-state index contributed by atoms with van der Waals surface area (Å²) in [5.74, 6) is 1.73. The quantitative estimate of drug-likeness (QED) is 0.339. The van der Waals surface area contributed by atoms with Gasteiger partial charge < -0.3 is 25.0 Å². The van der Waals surface area contributed by atoms with Gasteiger partial charge in [0.05, 0.1) is 6.61 Å². The standard InChI is InChI=1S/C20H36N4O2/c1-6-24(7-2)12-11-22-20(21-4)23-16-18-10-9-17(3)15-19(18)26-14-8-13-25-5/h9-10,15H,6-8,11-14,16H2,1-5H3,(H2,21,22,23). The summed E-state index contributed by atoms with van der Waals surface area (Å²) in [5.41, 5.74) is 2.32. The van der Waals surface area contributed by atoms with E-state index < -0.39 is 0 Å². The molecule has 0 aliphatic carbocycles. The molecule has 0 aliphatic rings. The zero-order valence-corrected chi connectivity index (χ0v) is 17.1. The topological polar surface area (TPSA) is 58.1 Å². The van der Waals surface area contributed by atoms with Crippen molar-refractivity contribution in [2.75, 3.05) is 53.6 Å². The Bertz CT molecular complexity index is 531. The number of aliphatic imine (C=N–C) groups is 1. The first kappa shape index (κ1) is 22.3. The van der Waals surface area contributed by atoms with Gasteiger partial charge in [-0.25, -0.2) is 0 Å². The van der Waals surface area contributed by atoms with Crippen molar-refractivity contribution in [3.8, 4) is 5.75 Å². The summed E-state index contributed by atoms with van der Waals surface area (Å²) in [6.45, 7) is 12.5. The molecule has 0 atom stereocenters. The molecule has 0 fully saturated rings. The molecular weight excluding hydrogens is 328 g/mol. The maximum atomic E-state index is 5.94. The molecule has 0 amide bonds. The van der Waals surface area contributed by atoms with E-state index in [1.807, 2.05) is 0 Å². The molecule has 6 heteroatoms. The summed E-state index contributed by atoms with van der Waals surface area (Å²) in [4.78, 5) is 6.69. The Morgan fingerprint density at radius 2 is 1.92 bits per heavy atom. The second-order valence-electron chi connectivity index (χ2n) is 6.19. The van der Waals surface area contributed by atoms with Crippen molar-refractivity contribution in [3.05, 3.63) is 29.3 Å². The van der Waals surface area contributed by atoms with Crippen LogP contribution in [0, 0.1) is 6.92 Å². The second-order valence-corrected chi connectivity index (χ2v) is 6.19. The van der Waals surface area contributed by atoms with Crippen LogP contribution in [0.2, 0.25) is 0 Å². The van der Waals surface area contributed by atoms with E-state index in [0.717, 1.165) is 49.9 Å². The van der Waals surface area contributed by atoms with E-state index in [1.165, 1.54) is 5.56 Å². The number of ether oxygens (including phenoxy) is 2. The van der Waals surface area contributed by atoms with Gasteiger partial charge in [-0.3, -0.25) is 4.99 Å². The van der Waals surface area contributed by atoms with Crippen LogP contribution in [0.25, 0.3) is 0 Å². The van der Waals surface area contributed by atoms with Gasteiger partial charge in [-0.1, -0.05) is 26.0 Å². The highest BCUT2D eigenvalue weighted by atomic mass is 16.5. The molecular formula is C20H36N4O2. The average molecular weight is 365 g/mol. The minimum Gasteiger partial charge on any atom is -0.493 e. The highest BCUT2D eigenvalue weighted by Crippen LogP contribution is 2.20. The Kier molecular flexibility index (Phi) is 11.5. The largest absolute Gasteiger partial charge is 0.493 e. The van der Waals surface area contributed by atoms with E-state index in [0.29, 0.717) is 19.8 Å². The number of aryl methyl sites for hydroxylation is 1. The van der Waals surface area contributed by atoms with Gasteiger partial charge in [0.15, 0.2) is 5.96 Å². The van der Waals surface area contributed by atoms with Crippen molar-refractivity contribution >= 4 is 5.96 Å². The van der Waals surface area contributed by atoms with Gasteiger partial charge in [0, 0.05) is 52.4 Å². The van der Waals surface area contributed by atoms with Crippen molar-refractivity contribution in [3.63, 3.8) is 0 Å². The lowest BCUT2D eigenvalue weighted by Crippen LogP contribution is -2.41. The lowest BCUT2D eigenvalue weighted by atomic mass is 10.1. The maximum Gasteiger partial charge on any atom is 0.191 e. The average Bonchev–Trinajstić information content (AvgIpc) is 2.66. The molecule has 0 radical (unpaired) electrons. The van der Waals surface area contributed by atoms with E-state index >= 15 is 0 Å². The first-order valence-corrected chi connectivity index (χ1v) is 9.52. The molecule has 1 aromatic carbocycles. The van der Waals surface area contributed by atoms with Gasteiger partial charge in [-0.05, 0) is 31.6 Å². The number of likely N-dealkylation sites (N-methyl/N-ethyl adjacent to an activating group) is 1. The van der Waals surface area contributed by atoms with Crippen LogP contribution in [0.3, 0.4) is 0 Å². The van der Waals surface area contributed by atoms with Crippen molar-refractivity contribution in [2.45, 2.75) is 33.7 Å². The highest BCUT2D eigenvalue weighted by molar-refractivity contribution is 5.79. The molecule has 1 aromatic rings. The SMILES string of the molecule is CCN(CC)CCNC(=NC)NCc1ccc(C)cc1OCCCOC. The summed E-state index contributed by atoms with van der Waals surface area (Å²) < 4.78 is 11.0. The highest BCUT2D eigenvalue weighted by Gasteiger charge is 2.06. The minimum atomic E-state index is 0.654. The minimum absolute atomic E-state index is 0.654. The molecule has 0 saturated carbocycles. The van der Waals surface area contributed by atoms with Gasteiger partial charge in [0.25, 0.3) is 0 Å². The smallest absolute Gasteiger partial charge is 0.191 e. The predicted octanol–water partition coefficient (Wildman–Crippen LogP) is 2.42. The predicted molar refractivity (Wildman–Crippen MR) is 109 cm³/mol. The Labute approximate surface area is 159 Å². The van der Waals surface area contributed by atoms with Crippen molar-refractivity contribution in [1.29, 1.82) is 0 Å². The molecule has 0 saturated heterocycles. The third-order valence-electron chi connectivity index (χ3n) is 4.26. The van der Waals surface area contributed by atoms with Crippen LogP contribution in [0.15, 0.2) is 23.2 Å². The van der Waals surface area contributed by atoms with Gasteiger partial charge in [-0.15, -0.1) is 0 Å². The van der Waals surface area contributed by atoms with Crippen LogP contribution in [0.4, 0.5) is 0 Å². The molecule has 26 heavy (non-hydrogen) atoms. The van der Waals surface area contributed by atoms with Crippen LogP contribution in [-0.4, -0.2) is 64.4 Å². The summed E-state index contributed by atoms with van der Waals surface area (Å²) in [6.07, 6.45) is 0.881. The molecule has 0 unspecified atom stereocenters. The molecule has 0 aromatic heterocycles. The Morgan fingerprint density at radius 1 is 1.15 bits per heavy atom. The van der Waals surface area contributed by atoms with Crippen LogP contribution in [0.1, 0.15) is 31.4 Å².